The lowest BCUT2D eigenvalue weighted by atomic mass is 10.2. The lowest BCUT2D eigenvalue weighted by Gasteiger charge is -2.34. The lowest BCUT2D eigenvalue weighted by Crippen LogP contribution is -2.48. The second kappa shape index (κ2) is 6.93. The topological polar surface area (TPSA) is 52.2 Å². The molecule has 5 nitrogen and oxygen atoms in total. The van der Waals surface area contributed by atoms with E-state index in [1.54, 1.807) is 0 Å². The van der Waals surface area contributed by atoms with E-state index in [0.717, 1.165) is 32.7 Å². The molecule has 1 aliphatic heterocycles. The Morgan fingerprint density at radius 2 is 1.82 bits per heavy atom. The summed E-state index contributed by atoms with van der Waals surface area (Å²) in [6, 6.07) is 10.4. The molecule has 1 aromatic heterocycles. The van der Waals surface area contributed by atoms with Gasteiger partial charge < -0.3 is 4.90 Å². The zero-order valence-corrected chi connectivity index (χ0v) is 15.1. The standard InChI is InChI=1S/C15H16Br2N4O/c16-12-13(18-19-14(12)17)15(22)21-8-6-20(7-9-21)10-11-4-2-1-3-5-11/h1-5H,6-10H2,(H,18,19). The van der Waals surface area contributed by atoms with Crippen LogP contribution in [0.25, 0.3) is 0 Å². The number of hydrogen-bond donors (Lipinski definition) is 1. The second-order valence-corrected chi connectivity index (χ2v) is 6.84. The summed E-state index contributed by atoms with van der Waals surface area (Å²) >= 11 is 6.69. The Balaban J connectivity index is 1.57. The van der Waals surface area contributed by atoms with E-state index in [9.17, 15) is 4.79 Å². The summed E-state index contributed by atoms with van der Waals surface area (Å²) in [6.07, 6.45) is 0. The predicted octanol–water partition coefficient (Wildman–Crippen LogP) is 2.89. The lowest BCUT2D eigenvalue weighted by molar-refractivity contribution is 0.0622. The molecule has 116 valence electrons. The van der Waals surface area contributed by atoms with E-state index in [1.165, 1.54) is 5.56 Å². The molecule has 1 aromatic carbocycles. The van der Waals surface area contributed by atoms with Gasteiger partial charge in [0.2, 0.25) is 0 Å². The van der Waals surface area contributed by atoms with Crippen molar-refractivity contribution >= 4 is 37.8 Å². The van der Waals surface area contributed by atoms with Crippen LogP contribution in [0.5, 0.6) is 0 Å². The van der Waals surface area contributed by atoms with E-state index in [2.05, 4.69) is 71.2 Å². The van der Waals surface area contributed by atoms with Crippen molar-refractivity contribution in [2.24, 2.45) is 0 Å². The first kappa shape index (κ1) is 15.7. The number of piperazine rings is 1. The normalized spacial score (nSPS) is 16.0. The van der Waals surface area contributed by atoms with Crippen LogP contribution in [-0.2, 0) is 6.54 Å². The van der Waals surface area contributed by atoms with Gasteiger partial charge in [-0.1, -0.05) is 30.3 Å². The van der Waals surface area contributed by atoms with Crippen molar-refractivity contribution in [1.29, 1.82) is 0 Å². The maximum atomic E-state index is 12.5. The molecule has 0 atom stereocenters. The largest absolute Gasteiger partial charge is 0.335 e. The molecule has 1 amide bonds. The van der Waals surface area contributed by atoms with Gasteiger partial charge in [0.05, 0.1) is 4.47 Å². The van der Waals surface area contributed by atoms with Gasteiger partial charge in [-0.3, -0.25) is 14.8 Å². The monoisotopic (exact) mass is 426 g/mol. The number of rotatable bonds is 3. The van der Waals surface area contributed by atoms with Gasteiger partial charge in [-0.05, 0) is 37.4 Å². The molecule has 0 bridgehead atoms. The number of aromatic amines is 1. The van der Waals surface area contributed by atoms with Crippen molar-refractivity contribution in [3.05, 3.63) is 50.7 Å². The van der Waals surface area contributed by atoms with Crippen LogP contribution in [-0.4, -0.2) is 52.1 Å². The first-order chi connectivity index (χ1) is 10.6. The van der Waals surface area contributed by atoms with Crippen LogP contribution < -0.4 is 0 Å². The summed E-state index contributed by atoms with van der Waals surface area (Å²) in [6.45, 7) is 4.14. The number of nitrogens with zero attached hydrogens (tertiary/aromatic N) is 3. The van der Waals surface area contributed by atoms with Crippen molar-refractivity contribution in [2.75, 3.05) is 26.2 Å². The molecule has 1 N–H and O–H groups in total. The molecular formula is C15H16Br2N4O. The third-order valence-electron chi connectivity index (χ3n) is 3.78. The highest BCUT2D eigenvalue weighted by atomic mass is 79.9. The molecule has 2 heterocycles. The number of aromatic nitrogens is 2. The molecule has 0 radical (unpaired) electrons. The predicted molar refractivity (Wildman–Crippen MR) is 91.6 cm³/mol. The van der Waals surface area contributed by atoms with Crippen LogP contribution in [0.4, 0.5) is 0 Å². The zero-order chi connectivity index (χ0) is 15.5. The molecule has 3 rings (SSSR count). The minimum atomic E-state index is -0.0341. The third kappa shape index (κ3) is 3.42. The Bertz CT molecular complexity index is 651. The van der Waals surface area contributed by atoms with E-state index < -0.39 is 0 Å². The Kier molecular flexibility index (Phi) is 4.95. The zero-order valence-electron chi connectivity index (χ0n) is 11.9. The van der Waals surface area contributed by atoms with Gasteiger partial charge in [0.15, 0.2) is 5.69 Å². The maximum Gasteiger partial charge on any atom is 0.275 e. The number of benzene rings is 1. The summed E-state index contributed by atoms with van der Waals surface area (Å²) in [5.74, 6) is -0.0341. The van der Waals surface area contributed by atoms with Crippen molar-refractivity contribution < 1.29 is 4.79 Å². The fourth-order valence-electron chi connectivity index (χ4n) is 2.55. The maximum absolute atomic E-state index is 12.5. The highest BCUT2D eigenvalue weighted by molar-refractivity contribution is 9.13. The summed E-state index contributed by atoms with van der Waals surface area (Å²) < 4.78 is 1.38. The molecule has 1 saturated heterocycles. The molecule has 22 heavy (non-hydrogen) atoms. The molecular weight excluding hydrogens is 412 g/mol. The summed E-state index contributed by atoms with van der Waals surface area (Å²) in [4.78, 5) is 16.7. The minimum Gasteiger partial charge on any atom is -0.335 e. The van der Waals surface area contributed by atoms with E-state index in [4.69, 9.17) is 0 Å². The molecule has 2 aromatic rings. The minimum absolute atomic E-state index is 0.0341. The molecule has 1 aliphatic rings. The molecule has 0 spiro atoms. The SMILES string of the molecule is O=C(c1n[nH]c(Br)c1Br)N1CCN(Cc2ccccc2)CC1. The van der Waals surface area contributed by atoms with Gasteiger partial charge in [0, 0.05) is 32.7 Å². The number of halogens is 2. The van der Waals surface area contributed by atoms with Gasteiger partial charge in [-0.2, -0.15) is 5.10 Å². The summed E-state index contributed by atoms with van der Waals surface area (Å²) in [5, 5.41) is 6.81. The highest BCUT2D eigenvalue weighted by Crippen LogP contribution is 2.25. The van der Waals surface area contributed by atoms with E-state index in [0.29, 0.717) is 14.8 Å². The van der Waals surface area contributed by atoms with Crippen molar-refractivity contribution in [3.8, 4) is 0 Å². The Hall–Kier alpha value is -1.18. The van der Waals surface area contributed by atoms with Crippen molar-refractivity contribution in [1.82, 2.24) is 20.0 Å². The fraction of sp³-hybridized carbons (Fsp3) is 0.333. The van der Waals surface area contributed by atoms with Gasteiger partial charge in [0.25, 0.3) is 5.91 Å². The highest BCUT2D eigenvalue weighted by Gasteiger charge is 2.26. The molecule has 0 unspecified atom stereocenters. The molecule has 7 heteroatoms. The number of nitrogens with one attached hydrogen (secondary N) is 1. The number of carbonyl (C=O) groups is 1. The van der Waals surface area contributed by atoms with Gasteiger partial charge >= 0.3 is 0 Å². The van der Waals surface area contributed by atoms with E-state index in [1.807, 2.05) is 11.0 Å². The van der Waals surface area contributed by atoms with Crippen LogP contribution in [0.2, 0.25) is 0 Å². The third-order valence-corrected chi connectivity index (χ3v) is 5.66. The Labute approximate surface area is 145 Å². The molecule has 0 aliphatic carbocycles. The van der Waals surface area contributed by atoms with Crippen molar-refractivity contribution in [3.63, 3.8) is 0 Å². The van der Waals surface area contributed by atoms with Crippen LogP contribution in [0, 0.1) is 0 Å². The number of carbonyl (C=O) groups excluding carboxylic acids is 1. The van der Waals surface area contributed by atoms with E-state index >= 15 is 0 Å². The first-order valence-corrected chi connectivity index (χ1v) is 8.68. The van der Waals surface area contributed by atoms with E-state index in [-0.39, 0.29) is 5.91 Å². The Morgan fingerprint density at radius 3 is 2.41 bits per heavy atom. The average Bonchev–Trinajstić information content (AvgIpc) is 2.88. The summed E-state index contributed by atoms with van der Waals surface area (Å²) in [5.41, 5.74) is 1.74. The van der Waals surface area contributed by atoms with Crippen LogP contribution in [0.1, 0.15) is 16.1 Å². The number of amides is 1. The fourth-order valence-corrected chi connectivity index (χ4v) is 3.17. The summed E-state index contributed by atoms with van der Waals surface area (Å²) in [7, 11) is 0. The molecule has 0 saturated carbocycles. The number of hydrogen-bond acceptors (Lipinski definition) is 3. The smallest absolute Gasteiger partial charge is 0.275 e. The van der Waals surface area contributed by atoms with Gasteiger partial charge in [0.1, 0.15) is 4.60 Å². The van der Waals surface area contributed by atoms with Crippen LogP contribution in [0.3, 0.4) is 0 Å². The Morgan fingerprint density at radius 1 is 1.14 bits per heavy atom. The van der Waals surface area contributed by atoms with Gasteiger partial charge in [-0.25, -0.2) is 0 Å². The van der Waals surface area contributed by atoms with Gasteiger partial charge in [-0.15, -0.1) is 0 Å². The van der Waals surface area contributed by atoms with Crippen molar-refractivity contribution in [2.45, 2.75) is 6.54 Å². The van der Waals surface area contributed by atoms with Crippen LogP contribution in [0.15, 0.2) is 39.4 Å². The van der Waals surface area contributed by atoms with Crippen LogP contribution >= 0.6 is 31.9 Å². The second-order valence-electron chi connectivity index (χ2n) is 5.25. The average molecular weight is 428 g/mol. The number of H-pyrrole nitrogens is 1. The molecule has 1 fully saturated rings. The first-order valence-electron chi connectivity index (χ1n) is 7.10. The quantitative estimate of drug-likeness (QED) is 0.819.